The molecule has 2 N–H and O–H groups in total. The van der Waals surface area contributed by atoms with Gasteiger partial charge < -0.3 is 0 Å². The first-order chi connectivity index (χ1) is 11.4. The summed E-state index contributed by atoms with van der Waals surface area (Å²) >= 11 is 0. The number of hydrogen-bond acceptors (Lipinski definition) is 6. The Kier molecular flexibility index (Phi) is 6.64. The number of piperidine rings is 1. The zero-order chi connectivity index (χ0) is 17.6. The maximum atomic E-state index is 12.3. The minimum atomic E-state index is -3.19. The highest BCUT2D eigenvalue weighted by Crippen LogP contribution is 2.15. The molecule has 1 atom stereocenters. The fourth-order valence-corrected chi connectivity index (χ4v) is 4.13. The molecular formula is C15H25N5O3S. The minimum Gasteiger partial charge on any atom is -0.293 e. The van der Waals surface area contributed by atoms with Gasteiger partial charge in [-0.3, -0.25) is 15.0 Å². The number of likely N-dealkylation sites (tertiary alicyclic amines) is 1. The van der Waals surface area contributed by atoms with Gasteiger partial charge in [0.25, 0.3) is 0 Å². The number of carbonyl (C=O) groups excluding carboxylic acids is 1. The van der Waals surface area contributed by atoms with E-state index in [1.165, 1.54) is 0 Å². The average Bonchev–Trinajstić information content (AvgIpc) is 2.55. The summed E-state index contributed by atoms with van der Waals surface area (Å²) in [6, 6.07) is 1.32. The minimum absolute atomic E-state index is 0.0504. The van der Waals surface area contributed by atoms with Crippen molar-refractivity contribution in [3.63, 3.8) is 0 Å². The molecule has 1 aliphatic heterocycles. The van der Waals surface area contributed by atoms with Gasteiger partial charge in [0, 0.05) is 31.5 Å². The zero-order valence-corrected chi connectivity index (χ0v) is 14.9. The summed E-state index contributed by atoms with van der Waals surface area (Å²) in [5.74, 6) is 0.283. The van der Waals surface area contributed by atoms with E-state index in [4.69, 9.17) is 0 Å². The Hall–Kier alpha value is -1.58. The molecule has 0 unspecified atom stereocenters. The fourth-order valence-electron chi connectivity index (χ4n) is 2.73. The largest absolute Gasteiger partial charge is 0.293 e. The lowest BCUT2D eigenvalue weighted by molar-refractivity contribution is -0.121. The van der Waals surface area contributed by atoms with Gasteiger partial charge in [-0.1, -0.05) is 6.92 Å². The number of amides is 1. The molecule has 1 amide bonds. The third-order valence-electron chi connectivity index (χ3n) is 4.08. The van der Waals surface area contributed by atoms with Crippen molar-refractivity contribution in [3.8, 4) is 0 Å². The smallest absolute Gasteiger partial charge is 0.243 e. The first-order valence-electron chi connectivity index (χ1n) is 8.23. The first kappa shape index (κ1) is 18.8. The van der Waals surface area contributed by atoms with E-state index >= 15 is 0 Å². The van der Waals surface area contributed by atoms with Gasteiger partial charge in [0.15, 0.2) is 0 Å². The van der Waals surface area contributed by atoms with Gasteiger partial charge in [-0.15, -0.1) is 0 Å². The van der Waals surface area contributed by atoms with Crippen LogP contribution < -0.4 is 10.0 Å². The van der Waals surface area contributed by atoms with Crippen molar-refractivity contribution in [3.05, 3.63) is 18.5 Å². The van der Waals surface area contributed by atoms with Gasteiger partial charge in [-0.05, 0) is 32.3 Å². The van der Waals surface area contributed by atoms with E-state index in [1.54, 1.807) is 18.5 Å². The van der Waals surface area contributed by atoms with Gasteiger partial charge in [0.2, 0.25) is 21.9 Å². The second kappa shape index (κ2) is 8.50. The Morgan fingerprint density at radius 3 is 2.54 bits per heavy atom. The van der Waals surface area contributed by atoms with Gasteiger partial charge in [-0.25, -0.2) is 23.1 Å². The maximum Gasteiger partial charge on any atom is 0.243 e. The van der Waals surface area contributed by atoms with Crippen molar-refractivity contribution in [1.82, 2.24) is 19.6 Å². The molecule has 1 aliphatic rings. The molecule has 1 aromatic rings. The molecular weight excluding hydrogens is 330 g/mol. The Labute approximate surface area is 143 Å². The maximum absolute atomic E-state index is 12.3. The van der Waals surface area contributed by atoms with E-state index in [0.717, 1.165) is 0 Å². The monoisotopic (exact) mass is 355 g/mol. The average molecular weight is 355 g/mol. The summed E-state index contributed by atoms with van der Waals surface area (Å²) in [6.07, 6.45) is 5.14. The molecule has 2 rings (SSSR count). The van der Waals surface area contributed by atoms with Crippen LogP contribution in [0.2, 0.25) is 0 Å². The van der Waals surface area contributed by atoms with E-state index in [0.29, 0.717) is 32.4 Å². The summed E-state index contributed by atoms with van der Waals surface area (Å²) in [5.41, 5.74) is 0. The molecule has 0 aliphatic carbocycles. The topological polar surface area (TPSA) is 104 Å². The number of carbonyl (C=O) groups is 1. The van der Waals surface area contributed by atoms with Crippen LogP contribution in [0, 0.1) is 0 Å². The quantitative estimate of drug-likeness (QED) is 0.742. The highest BCUT2D eigenvalue weighted by Gasteiger charge is 2.28. The van der Waals surface area contributed by atoms with Crippen LogP contribution in [0.15, 0.2) is 18.5 Å². The molecule has 0 spiro atoms. The molecule has 0 radical (unpaired) electrons. The van der Waals surface area contributed by atoms with Crippen molar-refractivity contribution < 1.29 is 13.2 Å². The highest BCUT2D eigenvalue weighted by molar-refractivity contribution is 7.89. The predicted octanol–water partition coefficient (Wildman–Crippen LogP) is 0.597. The molecule has 1 saturated heterocycles. The Balaban J connectivity index is 1.82. The lowest BCUT2D eigenvalue weighted by Crippen LogP contribution is -2.50. The molecule has 1 fully saturated rings. The van der Waals surface area contributed by atoms with Crippen molar-refractivity contribution in [2.24, 2.45) is 0 Å². The van der Waals surface area contributed by atoms with Crippen LogP contribution in [0.4, 0.5) is 5.95 Å². The van der Waals surface area contributed by atoms with Crippen LogP contribution in [-0.2, 0) is 14.8 Å². The van der Waals surface area contributed by atoms with Gasteiger partial charge in [-0.2, -0.15) is 0 Å². The summed E-state index contributed by atoms with van der Waals surface area (Å²) < 4.78 is 26.4. The van der Waals surface area contributed by atoms with Crippen molar-refractivity contribution in [2.45, 2.75) is 45.2 Å². The third-order valence-corrected chi connectivity index (χ3v) is 5.71. The van der Waals surface area contributed by atoms with Crippen LogP contribution >= 0.6 is 0 Å². The number of hydrogen-bond donors (Lipinski definition) is 2. The summed E-state index contributed by atoms with van der Waals surface area (Å²) in [5, 5.41) is 2.69. The molecule has 2 heterocycles. The van der Waals surface area contributed by atoms with Gasteiger partial charge >= 0.3 is 0 Å². The fraction of sp³-hybridized carbons (Fsp3) is 0.667. The molecule has 1 aromatic heterocycles. The van der Waals surface area contributed by atoms with Crippen molar-refractivity contribution in [2.75, 3.05) is 24.2 Å². The second-order valence-electron chi connectivity index (χ2n) is 5.98. The number of anilines is 1. The molecule has 0 bridgehead atoms. The molecule has 24 heavy (non-hydrogen) atoms. The SMILES string of the molecule is CCCS(=O)(=O)NC1CCN([C@@H](C)C(=O)Nc2ncccn2)CC1. The second-order valence-corrected chi connectivity index (χ2v) is 7.86. The van der Waals surface area contributed by atoms with Crippen LogP contribution in [0.25, 0.3) is 0 Å². The van der Waals surface area contributed by atoms with Crippen molar-refractivity contribution in [1.29, 1.82) is 0 Å². The third kappa shape index (κ3) is 5.50. The highest BCUT2D eigenvalue weighted by atomic mass is 32.2. The standard InChI is InChI=1S/C15H25N5O3S/c1-3-11-24(22,23)19-13-5-9-20(10-6-13)12(2)14(21)18-15-16-7-4-8-17-15/h4,7-8,12-13,19H,3,5-6,9-11H2,1-2H3,(H,16,17,18,21)/t12-/m0/s1. The van der Waals surface area contributed by atoms with E-state index in [-0.39, 0.29) is 29.7 Å². The number of rotatable bonds is 7. The molecule has 0 aromatic carbocycles. The van der Waals surface area contributed by atoms with E-state index in [1.807, 2.05) is 18.7 Å². The zero-order valence-electron chi connectivity index (χ0n) is 14.1. The lowest BCUT2D eigenvalue weighted by atomic mass is 10.0. The summed E-state index contributed by atoms with van der Waals surface area (Å²) in [6.45, 7) is 5.02. The summed E-state index contributed by atoms with van der Waals surface area (Å²) in [4.78, 5) is 22.3. The molecule has 8 nitrogen and oxygen atoms in total. The Bertz CT molecular complexity index is 630. The Morgan fingerprint density at radius 2 is 1.96 bits per heavy atom. The molecule has 0 saturated carbocycles. The number of sulfonamides is 1. The number of nitrogens with one attached hydrogen (secondary N) is 2. The molecule has 9 heteroatoms. The van der Waals surface area contributed by atoms with Gasteiger partial charge in [0.05, 0.1) is 11.8 Å². The summed E-state index contributed by atoms with van der Waals surface area (Å²) in [7, 11) is -3.19. The lowest BCUT2D eigenvalue weighted by Gasteiger charge is -2.35. The normalized spacial score (nSPS) is 18.2. The van der Waals surface area contributed by atoms with Crippen LogP contribution in [0.1, 0.15) is 33.1 Å². The molecule has 134 valence electrons. The first-order valence-corrected chi connectivity index (χ1v) is 9.88. The van der Waals surface area contributed by atoms with Crippen LogP contribution in [0.5, 0.6) is 0 Å². The Morgan fingerprint density at radius 1 is 1.33 bits per heavy atom. The van der Waals surface area contributed by atoms with Crippen LogP contribution in [0.3, 0.4) is 0 Å². The number of aromatic nitrogens is 2. The van der Waals surface area contributed by atoms with E-state index < -0.39 is 10.0 Å². The number of nitrogens with zero attached hydrogens (tertiary/aromatic N) is 3. The van der Waals surface area contributed by atoms with E-state index in [9.17, 15) is 13.2 Å². The van der Waals surface area contributed by atoms with E-state index in [2.05, 4.69) is 20.0 Å². The van der Waals surface area contributed by atoms with Gasteiger partial charge in [0.1, 0.15) is 0 Å². The van der Waals surface area contributed by atoms with Crippen LogP contribution in [-0.4, -0.2) is 60.1 Å². The van der Waals surface area contributed by atoms with Crippen molar-refractivity contribution >= 4 is 21.9 Å². The predicted molar refractivity (Wildman–Crippen MR) is 91.9 cm³/mol.